The van der Waals surface area contributed by atoms with Crippen LogP contribution in [0, 0.1) is 0 Å². The van der Waals surface area contributed by atoms with Crippen LogP contribution in [-0.2, 0) is 0 Å². The van der Waals surface area contributed by atoms with Crippen LogP contribution in [0.4, 0.5) is 0 Å². The molecule has 0 bridgehead atoms. The molecule has 0 fully saturated rings. The highest BCUT2D eigenvalue weighted by Gasteiger charge is 2.16. The summed E-state index contributed by atoms with van der Waals surface area (Å²) in [5, 5.41) is 7.14. The molecule has 26 heavy (non-hydrogen) atoms. The summed E-state index contributed by atoms with van der Waals surface area (Å²) in [6.07, 6.45) is 3.73. The number of hydrogen-bond donors (Lipinski definition) is 1. The van der Waals surface area contributed by atoms with Crippen LogP contribution in [0.15, 0.2) is 53.3 Å². The average molecular weight is 371 g/mol. The summed E-state index contributed by atoms with van der Waals surface area (Å²) in [5.74, 6) is -0.217. The van der Waals surface area contributed by atoms with Gasteiger partial charge in [0.05, 0.1) is 5.56 Å². The monoisotopic (exact) mass is 370 g/mol. The predicted octanol–water partition coefficient (Wildman–Crippen LogP) is 3.18. The number of halogens is 1. The summed E-state index contributed by atoms with van der Waals surface area (Å²) < 4.78 is 5.02. The molecule has 0 atom stereocenters. The van der Waals surface area contributed by atoms with Crippen LogP contribution in [0.25, 0.3) is 11.4 Å². The Hall–Kier alpha value is -3.06. The van der Waals surface area contributed by atoms with Crippen LogP contribution in [-0.4, -0.2) is 33.4 Å². The Morgan fingerprint density at radius 2 is 1.96 bits per heavy atom. The van der Waals surface area contributed by atoms with E-state index in [1.54, 1.807) is 42.6 Å². The van der Waals surface area contributed by atoms with Gasteiger partial charge in [-0.2, -0.15) is 4.98 Å². The third kappa shape index (κ3) is 4.52. The van der Waals surface area contributed by atoms with E-state index in [9.17, 15) is 9.59 Å². The highest BCUT2D eigenvalue weighted by Crippen LogP contribution is 2.19. The van der Waals surface area contributed by atoms with E-state index in [0.29, 0.717) is 34.9 Å². The fourth-order valence-corrected chi connectivity index (χ4v) is 2.34. The Morgan fingerprint density at radius 3 is 2.69 bits per heavy atom. The molecule has 3 aromatic rings. The van der Waals surface area contributed by atoms with E-state index in [2.05, 4.69) is 20.4 Å². The Labute approximate surface area is 154 Å². The number of nitrogens with one attached hydrogen (secondary N) is 1. The van der Waals surface area contributed by atoms with Gasteiger partial charge in [0.15, 0.2) is 0 Å². The second kappa shape index (κ2) is 8.35. The minimum absolute atomic E-state index is 0.0477. The molecular weight excluding hydrogens is 356 g/mol. The van der Waals surface area contributed by atoms with Gasteiger partial charge in [0.25, 0.3) is 11.8 Å². The van der Waals surface area contributed by atoms with Crippen LogP contribution >= 0.6 is 11.6 Å². The topological polar surface area (TPSA) is 98.0 Å². The van der Waals surface area contributed by atoms with Crippen LogP contribution in [0.2, 0.25) is 5.02 Å². The second-order valence-electron chi connectivity index (χ2n) is 5.45. The molecule has 1 amide bonds. The van der Waals surface area contributed by atoms with Gasteiger partial charge in [-0.1, -0.05) is 16.8 Å². The van der Waals surface area contributed by atoms with E-state index in [4.69, 9.17) is 16.1 Å². The number of nitrogens with zero attached hydrogens (tertiary/aromatic N) is 3. The van der Waals surface area contributed by atoms with Crippen molar-refractivity contribution in [3.8, 4) is 11.4 Å². The van der Waals surface area contributed by atoms with Crippen LogP contribution in [0.3, 0.4) is 0 Å². The van der Waals surface area contributed by atoms with Crippen molar-refractivity contribution < 1.29 is 14.1 Å². The zero-order valence-electron chi connectivity index (χ0n) is 13.7. The van der Waals surface area contributed by atoms with E-state index >= 15 is 0 Å². The number of carbonyl (C=O) groups excluding carboxylic acids is 2. The number of hydrogen-bond acceptors (Lipinski definition) is 6. The largest absolute Gasteiger partial charge is 0.352 e. The molecule has 0 radical (unpaired) electrons. The van der Waals surface area contributed by atoms with Crippen molar-refractivity contribution in [2.75, 3.05) is 6.54 Å². The number of ketones is 1. The van der Waals surface area contributed by atoms with Crippen molar-refractivity contribution >= 4 is 23.3 Å². The summed E-state index contributed by atoms with van der Waals surface area (Å²) >= 11 is 5.84. The maximum Gasteiger partial charge on any atom is 0.294 e. The highest BCUT2D eigenvalue weighted by molar-refractivity contribution is 6.30. The molecule has 0 aliphatic rings. The van der Waals surface area contributed by atoms with Gasteiger partial charge in [-0.05, 0) is 42.8 Å². The summed E-state index contributed by atoms with van der Waals surface area (Å²) in [5.41, 5.74) is 1.18. The number of carbonyl (C=O) groups is 2. The third-order valence-corrected chi connectivity index (χ3v) is 3.81. The molecular formula is C18H15ClN4O3. The number of rotatable bonds is 7. The van der Waals surface area contributed by atoms with Crippen molar-refractivity contribution in [2.45, 2.75) is 12.8 Å². The number of Topliss-reactive ketones (excluding diaryl/α,β-unsaturated/α-hetero) is 1. The van der Waals surface area contributed by atoms with Crippen molar-refractivity contribution in [1.82, 2.24) is 20.4 Å². The summed E-state index contributed by atoms with van der Waals surface area (Å²) in [4.78, 5) is 32.0. The Kier molecular flexibility index (Phi) is 5.70. The van der Waals surface area contributed by atoms with Gasteiger partial charge < -0.3 is 9.84 Å². The first-order valence-corrected chi connectivity index (χ1v) is 8.32. The zero-order valence-corrected chi connectivity index (χ0v) is 14.4. The Balaban J connectivity index is 1.48. The summed E-state index contributed by atoms with van der Waals surface area (Å²) in [7, 11) is 0. The maximum atomic E-state index is 12.1. The van der Waals surface area contributed by atoms with E-state index in [-0.39, 0.29) is 24.0 Å². The van der Waals surface area contributed by atoms with Crippen molar-refractivity contribution in [2.24, 2.45) is 0 Å². The molecule has 132 valence electrons. The van der Waals surface area contributed by atoms with Crippen molar-refractivity contribution in [3.05, 3.63) is 65.3 Å². The SMILES string of the molecule is O=C(NCCCC(=O)c1nc(-c2ccc(Cl)cc2)no1)c1cccnc1. The van der Waals surface area contributed by atoms with E-state index < -0.39 is 0 Å². The molecule has 2 heterocycles. The average Bonchev–Trinajstić information content (AvgIpc) is 3.16. The molecule has 0 aliphatic carbocycles. The molecule has 7 nitrogen and oxygen atoms in total. The molecule has 8 heteroatoms. The van der Waals surface area contributed by atoms with Gasteiger partial charge in [0.1, 0.15) is 0 Å². The Bertz CT molecular complexity index is 894. The first kappa shape index (κ1) is 17.8. The lowest BCUT2D eigenvalue weighted by Crippen LogP contribution is -2.24. The number of aromatic nitrogens is 3. The first-order chi connectivity index (χ1) is 12.6. The van der Waals surface area contributed by atoms with Crippen LogP contribution in [0.1, 0.15) is 33.9 Å². The molecule has 0 saturated heterocycles. The standard InChI is InChI=1S/C18H15ClN4O3/c19-14-7-5-12(6-8-14)16-22-18(26-23-16)15(24)4-2-10-21-17(25)13-3-1-9-20-11-13/h1,3,5-9,11H,2,4,10H2,(H,21,25). The maximum absolute atomic E-state index is 12.1. The molecule has 1 aromatic carbocycles. The smallest absolute Gasteiger partial charge is 0.294 e. The lowest BCUT2D eigenvalue weighted by atomic mass is 10.2. The minimum Gasteiger partial charge on any atom is -0.352 e. The fraction of sp³-hybridized carbons (Fsp3) is 0.167. The van der Waals surface area contributed by atoms with Crippen LogP contribution < -0.4 is 5.32 Å². The van der Waals surface area contributed by atoms with Gasteiger partial charge in [-0.15, -0.1) is 0 Å². The normalized spacial score (nSPS) is 10.5. The molecule has 0 spiro atoms. The third-order valence-electron chi connectivity index (χ3n) is 3.56. The molecule has 2 aromatic heterocycles. The predicted molar refractivity (Wildman–Crippen MR) is 94.9 cm³/mol. The molecule has 0 saturated carbocycles. The van der Waals surface area contributed by atoms with Crippen LogP contribution in [0.5, 0.6) is 0 Å². The quantitative estimate of drug-likeness (QED) is 0.506. The van der Waals surface area contributed by atoms with E-state index in [1.807, 2.05) is 0 Å². The fourth-order valence-electron chi connectivity index (χ4n) is 2.21. The summed E-state index contributed by atoms with van der Waals surface area (Å²) in [6.45, 7) is 0.359. The first-order valence-electron chi connectivity index (χ1n) is 7.94. The molecule has 3 rings (SSSR count). The number of benzene rings is 1. The summed E-state index contributed by atoms with van der Waals surface area (Å²) in [6, 6.07) is 10.3. The highest BCUT2D eigenvalue weighted by atomic mass is 35.5. The van der Waals surface area contributed by atoms with E-state index in [1.165, 1.54) is 6.20 Å². The molecule has 0 aliphatic heterocycles. The minimum atomic E-state index is -0.270. The number of amides is 1. The second-order valence-corrected chi connectivity index (χ2v) is 5.89. The van der Waals surface area contributed by atoms with E-state index in [0.717, 1.165) is 0 Å². The lowest BCUT2D eigenvalue weighted by molar-refractivity contribution is 0.0918. The van der Waals surface area contributed by atoms with Gasteiger partial charge in [-0.25, -0.2) is 0 Å². The van der Waals surface area contributed by atoms with Crippen molar-refractivity contribution in [3.63, 3.8) is 0 Å². The van der Waals surface area contributed by atoms with Gasteiger partial charge in [0, 0.05) is 35.9 Å². The molecule has 1 N–H and O–H groups in total. The zero-order chi connectivity index (χ0) is 18.4. The lowest BCUT2D eigenvalue weighted by Gasteiger charge is -2.03. The Morgan fingerprint density at radius 1 is 1.15 bits per heavy atom. The number of pyridine rings is 1. The molecule has 0 unspecified atom stereocenters. The van der Waals surface area contributed by atoms with Gasteiger partial charge in [0.2, 0.25) is 11.6 Å². The van der Waals surface area contributed by atoms with Gasteiger partial charge >= 0.3 is 0 Å². The van der Waals surface area contributed by atoms with Crippen molar-refractivity contribution in [1.29, 1.82) is 0 Å². The van der Waals surface area contributed by atoms with Gasteiger partial charge in [-0.3, -0.25) is 14.6 Å².